The number of nitro groups is 2. The molecule has 0 saturated carbocycles. The summed E-state index contributed by atoms with van der Waals surface area (Å²) in [5.74, 6) is -1.57. The lowest BCUT2D eigenvalue weighted by Crippen LogP contribution is -2.16. The third-order valence-electron chi connectivity index (χ3n) is 2.55. The molecule has 0 saturated heterocycles. The first-order valence-corrected chi connectivity index (χ1v) is 5.26. The fourth-order valence-corrected chi connectivity index (χ4v) is 1.65. The van der Waals surface area contributed by atoms with Crippen LogP contribution in [0.15, 0.2) is 12.1 Å². The van der Waals surface area contributed by atoms with E-state index in [2.05, 4.69) is 0 Å². The maximum absolute atomic E-state index is 11.0. The second-order valence-corrected chi connectivity index (χ2v) is 4.96. The average Bonchev–Trinajstić information content (AvgIpc) is 2.25. The van der Waals surface area contributed by atoms with Crippen LogP contribution in [0.5, 0.6) is 0 Å². The molecule has 1 rings (SSSR count). The van der Waals surface area contributed by atoms with Crippen molar-refractivity contribution in [2.75, 3.05) is 0 Å². The summed E-state index contributed by atoms with van der Waals surface area (Å²) in [5.41, 5.74) is -2.37. The summed E-state index contributed by atoms with van der Waals surface area (Å²) < 4.78 is 0. The molecule has 1 N–H and O–H groups in total. The van der Waals surface area contributed by atoms with Crippen LogP contribution >= 0.6 is 0 Å². The quantitative estimate of drug-likeness (QED) is 0.663. The van der Waals surface area contributed by atoms with Gasteiger partial charge >= 0.3 is 5.97 Å². The Morgan fingerprint density at radius 3 is 1.89 bits per heavy atom. The lowest BCUT2D eigenvalue weighted by atomic mass is 9.84. The molecule has 0 heterocycles. The Morgan fingerprint density at radius 2 is 1.58 bits per heavy atom. The van der Waals surface area contributed by atoms with Crippen molar-refractivity contribution in [2.24, 2.45) is 0 Å². The topological polar surface area (TPSA) is 124 Å². The average molecular weight is 268 g/mol. The van der Waals surface area contributed by atoms with E-state index in [0.29, 0.717) is 0 Å². The van der Waals surface area contributed by atoms with Crippen molar-refractivity contribution in [3.63, 3.8) is 0 Å². The monoisotopic (exact) mass is 268 g/mol. The van der Waals surface area contributed by atoms with Crippen LogP contribution in [-0.4, -0.2) is 20.9 Å². The van der Waals surface area contributed by atoms with E-state index in [4.69, 9.17) is 5.11 Å². The molecule has 0 aromatic heterocycles. The van der Waals surface area contributed by atoms with E-state index in [-0.39, 0.29) is 5.56 Å². The van der Waals surface area contributed by atoms with E-state index in [1.807, 2.05) is 0 Å². The van der Waals surface area contributed by atoms with E-state index in [0.717, 1.165) is 12.1 Å². The number of carboxylic acids is 1. The summed E-state index contributed by atoms with van der Waals surface area (Å²) in [7, 11) is 0. The van der Waals surface area contributed by atoms with Gasteiger partial charge in [-0.1, -0.05) is 20.8 Å². The van der Waals surface area contributed by atoms with Crippen molar-refractivity contribution in [3.05, 3.63) is 43.5 Å². The number of aromatic carboxylic acids is 1. The van der Waals surface area contributed by atoms with E-state index >= 15 is 0 Å². The Bertz CT molecular complexity index is 573. The van der Waals surface area contributed by atoms with Gasteiger partial charge in [0.25, 0.3) is 11.4 Å². The maximum atomic E-state index is 11.0. The van der Waals surface area contributed by atoms with Crippen LogP contribution < -0.4 is 0 Å². The fraction of sp³-hybridized carbons (Fsp3) is 0.364. The van der Waals surface area contributed by atoms with Gasteiger partial charge in [-0.3, -0.25) is 20.2 Å². The summed E-state index contributed by atoms with van der Waals surface area (Å²) >= 11 is 0. The molecule has 19 heavy (non-hydrogen) atoms. The van der Waals surface area contributed by atoms with Crippen molar-refractivity contribution in [1.29, 1.82) is 0 Å². The standard InChI is InChI=1S/C11H12N2O6/c1-11(2,3)7-5-8(12(16)17)6(10(14)15)4-9(7)13(18)19/h4-5H,1-3H3,(H,14,15). The molecule has 8 nitrogen and oxygen atoms in total. The number of benzene rings is 1. The highest BCUT2D eigenvalue weighted by Gasteiger charge is 2.32. The highest BCUT2D eigenvalue weighted by atomic mass is 16.6. The first-order chi connectivity index (χ1) is 8.55. The van der Waals surface area contributed by atoms with Gasteiger partial charge in [-0.25, -0.2) is 4.79 Å². The number of nitro benzene ring substituents is 2. The summed E-state index contributed by atoms with van der Waals surface area (Å²) in [6.07, 6.45) is 0. The first-order valence-electron chi connectivity index (χ1n) is 5.26. The molecule has 0 aliphatic rings. The summed E-state index contributed by atoms with van der Waals surface area (Å²) in [6, 6.07) is 1.70. The van der Waals surface area contributed by atoms with Crippen molar-refractivity contribution in [3.8, 4) is 0 Å². The molecule has 0 atom stereocenters. The molecular formula is C11H12N2O6. The van der Waals surface area contributed by atoms with Gasteiger partial charge in [-0.05, 0) is 5.41 Å². The van der Waals surface area contributed by atoms with E-state index in [1.165, 1.54) is 0 Å². The smallest absolute Gasteiger partial charge is 0.342 e. The number of rotatable bonds is 3. The van der Waals surface area contributed by atoms with E-state index < -0.39 is 38.2 Å². The maximum Gasteiger partial charge on any atom is 0.342 e. The van der Waals surface area contributed by atoms with Crippen molar-refractivity contribution in [2.45, 2.75) is 26.2 Å². The Morgan fingerprint density at radius 1 is 1.11 bits per heavy atom. The summed E-state index contributed by atoms with van der Waals surface area (Å²) in [6.45, 7) is 4.96. The van der Waals surface area contributed by atoms with Crippen LogP contribution in [0.1, 0.15) is 36.7 Å². The molecule has 0 amide bonds. The van der Waals surface area contributed by atoms with Crippen LogP contribution in [0.4, 0.5) is 11.4 Å². The first kappa shape index (κ1) is 14.6. The molecule has 0 radical (unpaired) electrons. The van der Waals surface area contributed by atoms with Crippen LogP contribution in [0, 0.1) is 20.2 Å². The number of hydrogen-bond acceptors (Lipinski definition) is 5. The SMILES string of the molecule is CC(C)(C)c1cc([N+](=O)[O-])c(C(=O)O)cc1[N+](=O)[O-]. The molecular weight excluding hydrogens is 256 g/mol. The van der Waals surface area contributed by atoms with Crippen LogP contribution in [0.2, 0.25) is 0 Å². The van der Waals surface area contributed by atoms with Crippen molar-refractivity contribution < 1.29 is 19.7 Å². The minimum atomic E-state index is -1.57. The molecule has 0 aliphatic carbocycles. The molecule has 0 fully saturated rings. The zero-order valence-electron chi connectivity index (χ0n) is 10.5. The normalized spacial score (nSPS) is 11.1. The predicted molar refractivity (Wildman–Crippen MR) is 65.4 cm³/mol. The molecule has 8 heteroatoms. The van der Waals surface area contributed by atoms with Gasteiger partial charge < -0.3 is 5.11 Å². The lowest BCUT2D eigenvalue weighted by Gasteiger charge is -2.18. The number of nitrogens with zero attached hydrogens (tertiary/aromatic N) is 2. The number of carbonyl (C=O) groups is 1. The number of hydrogen-bond donors (Lipinski definition) is 1. The lowest BCUT2D eigenvalue weighted by molar-refractivity contribution is -0.390. The van der Waals surface area contributed by atoms with E-state index in [1.54, 1.807) is 20.8 Å². The highest BCUT2D eigenvalue weighted by Crippen LogP contribution is 2.36. The zero-order valence-corrected chi connectivity index (χ0v) is 10.5. The highest BCUT2D eigenvalue weighted by molar-refractivity contribution is 5.93. The van der Waals surface area contributed by atoms with E-state index in [9.17, 15) is 25.0 Å². The molecule has 0 bridgehead atoms. The van der Waals surface area contributed by atoms with Gasteiger partial charge in [-0.2, -0.15) is 0 Å². The summed E-state index contributed by atoms with van der Waals surface area (Å²) in [4.78, 5) is 31.2. The third kappa shape index (κ3) is 2.84. The van der Waals surface area contributed by atoms with Crippen molar-refractivity contribution in [1.82, 2.24) is 0 Å². The Hall–Kier alpha value is -2.51. The molecule has 102 valence electrons. The van der Waals surface area contributed by atoms with Crippen LogP contribution in [-0.2, 0) is 5.41 Å². The largest absolute Gasteiger partial charge is 0.477 e. The second kappa shape index (κ2) is 4.63. The summed E-state index contributed by atoms with van der Waals surface area (Å²) in [5, 5.41) is 30.7. The van der Waals surface area contributed by atoms with Gasteiger partial charge in [-0.15, -0.1) is 0 Å². The predicted octanol–water partition coefficient (Wildman–Crippen LogP) is 2.50. The minimum absolute atomic E-state index is 0.120. The molecule has 0 aliphatic heterocycles. The van der Waals surface area contributed by atoms with Gasteiger partial charge in [0.2, 0.25) is 0 Å². The Balaban J connectivity index is 3.75. The molecule has 1 aromatic carbocycles. The zero-order chi connectivity index (χ0) is 15.0. The minimum Gasteiger partial charge on any atom is -0.477 e. The van der Waals surface area contributed by atoms with Gasteiger partial charge in [0.05, 0.1) is 9.85 Å². The Labute approximate surface area is 108 Å². The van der Waals surface area contributed by atoms with Gasteiger partial charge in [0.1, 0.15) is 5.56 Å². The third-order valence-corrected chi connectivity index (χ3v) is 2.55. The second-order valence-electron chi connectivity index (χ2n) is 4.96. The molecule has 1 aromatic rings. The molecule has 0 unspecified atom stereocenters. The van der Waals surface area contributed by atoms with Gasteiger partial charge in [0.15, 0.2) is 0 Å². The Kier molecular flexibility index (Phi) is 3.55. The van der Waals surface area contributed by atoms with Crippen LogP contribution in [0.3, 0.4) is 0 Å². The van der Waals surface area contributed by atoms with Crippen molar-refractivity contribution >= 4 is 17.3 Å². The van der Waals surface area contributed by atoms with Gasteiger partial charge in [0, 0.05) is 17.7 Å². The number of carboxylic acid groups (broad SMARTS) is 1. The fourth-order valence-electron chi connectivity index (χ4n) is 1.65. The van der Waals surface area contributed by atoms with Crippen LogP contribution in [0.25, 0.3) is 0 Å². The molecule has 0 spiro atoms.